The van der Waals surface area contributed by atoms with Gasteiger partial charge in [0.15, 0.2) is 17.3 Å². The molecular formula is C15H11NO3S2. The fourth-order valence-electron chi connectivity index (χ4n) is 2.28. The molecule has 0 saturated carbocycles. The van der Waals surface area contributed by atoms with Crippen LogP contribution in [0.3, 0.4) is 0 Å². The fourth-order valence-corrected chi connectivity index (χ4v) is 4.01. The molecule has 0 bridgehead atoms. The van der Waals surface area contributed by atoms with Gasteiger partial charge in [-0.15, -0.1) is 11.3 Å². The van der Waals surface area contributed by atoms with E-state index in [1.165, 1.54) is 11.3 Å². The summed E-state index contributed by atoms with van der Waals surface area (Å²) in [5, 5.41) is 2.82. The van der Waals surface area contributed by atoms with Crippen molar-refractivity contribution in [1.29, 1.82) is 0 Å². The standard InChI is InChI=1S/C15H11NO3S2/c1-16-9-5-11-12(19-8-18-11)7-14(9)21-15(16)6-10(17)13-3-2-4-20-13/h2-7H,8H2,1H3/b15-6-. The lowest BCUT2D eigenvalue weighted by molar-refractivity contribution is 0.105. The molecule has 1 aromatic heterocycles. The molecular weight excluding hydrogens is 306 g/mol. The minimum absolute atomic E-state index is 0.0344. The Morgan fingerprint density at radius 3 is 2.90 bits per heavy atom. The summed E-state index contributed by atoms with van der Waals surface area (Å²) >= 11 is 3.03. The maximum atomic E-state index is 12.2. The first kappa shape index (κ1) is 12.8. The van der Waals surface area contributed by atoms with Gasteiger partial charge in [0.2, 0.25) is 6.79 Å². The summed E-state index contributed by atoms with van der Waals surface area (Å²) in [6.07, 6.45) is 1.68. The Labute approximate surface area is 130 Å². The first-order chi connectivity index (χ1) is 10.2. The lowest BCUT2D eigenvalue weighted by atomic mass is 10.2. The van der Waals surface area contributed by atoms with E-state index in [0.717, 1.165) is 32.0 Å². The molecule has 6 heteroatoms. The third kappa shape index (κ3) is 2.11. The number of thiophene rings is 1. The number of carbonyl (C=O) groups excluding carboxylic acids is 1. The summed E-state index contributed by atoms with van der Waals surface area (Å²) in [4.78, 5) is 16.0. The Morgan fingerprint density at radius 1 is 1.33 bits per heavy atom. The van der Waals surface area contributed by atoms with E-state index in [-0.39, 0.29) is 12.6 Å². The lowest BCUT2D eigenvalue weighted by Crippen LogP contribution is -2.11. The van der Waals surface area contributed by atoms with Crippen molar-refractivity contribution < 1.29 is 14.3 Å². The van der Waals surface area contributed by atoms with Crippen molar-refractivity contribution in [1.82, 2.24) is 0 Å². The van der Waals surface area contributed by atoms with Crippen LogP contribution in [-0.4, -0.2) is 19.6 Å². The van der Waals surface area contributed by atoms with E-state index in [9.17, 15) is 4.79 Å². The molecule has 106 valence electrons. The molecule has 1 aromatic carbocycles. The zero-order valence-corrected chi connectivity index (χ0v) is 12.8. The number of nitrogens with zero attached hydrogens (tertiary/aromatic N) is 1. The number of carbonyl (C=O) groups is 1. The summed E-state index contributed by atoms with van der Waals surface area (Å²) in [5.74, 6) is 1.56. The van der Waals surface area contributed by atoms with Gasteiger partial charge in [0.25, 0.3) is 0 Å². The molecule has 3 heterocycles. The van der Waals surface area contributed by atoms with E-state index >= 15 is 0 Å². The second kappa shape index (κ2) is 4.82. The Balaban J connectivity index is 1.67. The summed E-state index contributed by atoms with van der Waals surface area (Å²) in [7, 11) is 1.95. The summed E-state index contributed by atoms with van der Waals surface area (Å²) in [6, 6.07) is 7.65. The highest BCUT2D eigenvalue weighted by Crippen LogP contribution is 2.50. The van der Waals surface area contributed by atoms with Crippen LogP contribution in [0, 0.1) is 0 Å². The molecule has 0 atom stereocenters. The highest BCUT2D eigenvalue weighted by atomic mass is 32.2. The van der Waals surface area contributed by atoms with Gasteiger partial charge in [0.1, 0.15) is 0 Å². The molecule has 0 spiro atoms. The molecule has 2 aliphatic heterocycles. The average Bonchev–Trinajstić information content (AvgIpc) is 3.19. The quantitative estimate of drug-likeness (QED) is 0.623. The van der Waals surface area contributed by atoms with Crippen LogP contribution in [0.4, 0.5) is 5.69 Å². The van der Waals surface area contributed by atoms with Gasteiger partial charge in [-0.3, -0.25) is 4.79 Å². The lowest BCUT2D eigenvalue weighted by Gasteiger charge is -2.13. The average molecular weight is 317 g/mol. The monoisotopic (exact) mass is 317 g/mol. The molecule has 21 heavy (non-hydrogen) atoms. The molecule has 4 nitrogen and oxygen atoms in total. The number of hydrogen-bond acceptors (Lipinski definition) is 6. The Morgan fingerprint density at radius 2 is 2.14 bits per heavy atom. The molecule has 0 amide bonds. The minimum atomic E-state index is 0.0344. The molecule has 2 aromatic rings. The van der Waals surface area contributed by atoms with Crippen molar-refractivity contribution in [3.05, 3.63) is 45.6 Å². The molecule has 0 saturated heterocycles. The van der Waals surface area contributed by atoms with Gasteiger partial charge in [-0.2, -0.15) is 0 Å². The topological polar surface area (TPSA) is 38.8 Å². The van der Waals surface area contributed by atoms with Crippen LogP contribution in [0.25, 0.3) is 0 Å². The predicted octanol–water partition coefficient (Wildman–Crippen LogP) is 3.74. The van der Waals surface area contributed by atoms with Gasteiger partial charge >= 0.3 is 0 Å². The highest BCUT2D eigenvalue weighted by Gasteiger charge is 2.27. The van der Waals surface area contributed by atoms with Gasteiger partial charge in [-0.1, -0.05) is 17.8 Å². The van der Waals surface area contributed by atoms with Crippen molar-refractivity contribution >= 4 is 34.6 Å². The second-order valence-electron chi connectivity index (χ2n) is 4.66. The van der Waals surface area contributed by atoms with E-state index in [0.29, 0.717) is 0 Å². The van der Waals surface area contributed by atoms with E-state index in [1.54, 1.807) is 17.8 Å². The molecule has 2 aliphatic rings. The fraction of sp³-hybridized carbons (Fsp3) is 0.133. The number of ketones is 1. The minimum Gasteiger partial charge on any atom is -0.454 e. The zero-order valence-electron chi connectivity index (χ0n) is 11.2. The number of allylic oxidation sites excluding steroid dienone is 1. The van der Waals surface area contributed by atoms with Crippen LogP contribution in [0.5, 0.6) is 11.5 Å². The van der Waals surface area contributed by atoms with Gasteiger partial charge in [-0.25, -0.2) is 0 Å². The predicted molar refractivity (Wildman–Crippen MR) is 83.6 cm³/mol. The third-order valence-electron chi connectivity index (χ3n) is 3.38. The molecule has 0 unspecified atom stereocenters. The number of thioether (sulfide) groups is 1. The van der Waals surface area contributed by atoms with E-state index < -0.39 is 0 Å². The van der Waals surface area contributed by atoms with Gasteiger partial charge in [0.05, 0.1) is 15.6 Å². The van der Waals surface area contributed by atoms with Crippen molar-refractivity contribution in [2.24, 2.45) is 0 Å². The largest absolute Gasteiger partial charge is 0.454 e. The first-order valence-corrected chi connectivity index (χ1v) is 8.07. The van der Waals surface area contributed by atoms with E-state index in [2.05, 4.69) is 0 Å². The number of anilines is 1. The van der Waals surface area contributed by atoms with E-state index in [4.69, 9.17) is 9.47 Å². The third-order valence-corrected chi connectivity index (χ3v) is 5.41. The van der Waals surface area contributed by atoms with Gasteiger partial charge < -0.3 is 14.4 Å². The number of rotatable bonds is 2. The van der Waals surface area contributed by atoms with Crippen molar-refractivity contribution in [2.45, 2.75) is 4.90 Å². The van der Waals surface area contributed by atoms with Crippen LogP contribution in [0.2, 0.25) is 0 Å². The zero-order chi connectivity index (χ0) is 14.4. The highest BCUT2D eigenvalue weighted by molar-refractivity contribution is 8.03. The summed E-state index contributed by atoms with van der Waals surface area (Å²) < 4.78 is 10.8. The van der Waals surface area contributed by atoms with Crippen LogP contribution in [0.1, 0.15) is 9.67 Å². The van der Waals surface area contributed by atoms with Gasteiger partial charge in [-0.05, 0) is 11.4 Å². The van der Waals surface area contributed by atoms with Crippen molar-refractivity contribution in [3.63, 3.8) is 0 Å². The van der Waals surface area contributed by atoms with Crippen LogP contribution in [-0.2, 0) is 0 Å². The number of fused-ring (bicyclic) bond motifs is 2. The Bertz CT molecular complexity index is 753. The van der Waals surface area contributed by atoms with Crippen molar-refractivity contribution in [3.8, 4) is 11.5 Å². The van der Waals surface area contributed by atoms with Crippen molar-refractivity contribution in [2.75, 3.05) is 18.7 Å². The molecule has 0 aliphatic carbocycles. The Kier molecular flexibility index (Phi) is 2.94. The van der Waals surface area contributed by atoms with Crippen LogP contribution < -0.4 is 14.4 Å². The molecule has 0 radical (unpaired) electrons. The second-order valence-corrected chi connectivity index (χ2v) is 6.67. The summed E-state index contributed by atoms with van der Waals surface area (Å²) in [5.41, 5.74) is 1.04. The van der Waals surface area contributed by atoms with Crippen LogP contribution >= 0.6 is 23.1 Å². The van der Waals surface area contributed by atoms with Crippen LogP contribution in [0.15, 0.2) is 45.6 Å². The summed E-state index contributed by atoms with van der Waals surface area (Å²) in [6.45, 7) is 0.270. The molecule has 0 fully saturated rings. The number of benzene rings is 1. The first-order valence-electron chi connectivity index (χ1n) is 6.37. The number of ether oxygens (including phenoxy) is 2. The van der Waals surface area contributed by atoms with Gasteiger partial charge in [0, 0.05) is 30.2 Å². The SMILES string of the molecule is CN1/C(=C/C(=O)c2cccs2)Sc2cc3c(cc21)OCO3. The molecule has 4 rings (SSSR count). The smallest absolute Gasteiger partial charge is 0.231 e. The van der Waals surface area contributed by atoms with E-state index in [1.807, 2.05) is 41.6 Å². The number of hydrogen-bond donors (Lipinski definition) is 0. The maximum Gasteiger partial charge on any atom is 0.231 e. The maximum absolute atomic E-state index is 12.2. The molecule has 0 N–H and O–H groups in total. The Hall–Kier alpha value is -1.92. The normalized spacial score (nSPS) is 17.4.